The van der Waals surface area contributed by atoms with Crippen molar-refractivity contribution in [2.45, 2.75) is 137 Å². The summed E-state index contributed by atoms with van der Waals surface area (Å²) in [6.45, 7) is 15.0. The average molecular weight is 757 g/mol. The van der Waals surface area contributed by atoms with E-state index in [4.69, 9.17) is 16.2 Å². The quantitative estimate of drug-likeness (QED) is 0.135. The third kappa shape index (κ3) is 14.0. The third-order valence-electron chi connectivity index (χ3n) is 9.02. The van der Waals surface area contributed by atoms with Crippen LogP contribution in [0.3, 0.4) is 0 Å². The molecule has 5 atom stereocenters. The van der Waals surface area contributed by atoms with Gasteiger partial charge in [-0.15, -0.1) is 0 Å². The molecule has 10 nitrogen and oxygen atoms in total. The summed E-state index contributed by atoms with van der Waals surface area (Å²) in [5.74, 6) is -12.2. The van der Waals surface area contributed by atoms with Gasteiger partial charge in [-0.1, -0.05) is 102 Å². The van der Waals surface area contributed by atoms with Gasteiger partial charge in [0.25, 0.3) is 0 Å². The molecule has 2 rings (SSSR count). The van der Waals surface area contributed by atoms with Crippen LogP contribution >= 0.6 is 0 Å². The van der Waals surface area contributed by atoms with Crippen molar-refractivity contribution in [2.24, 2.45) is 35.1 Å². The molecule has 300 valence electrons. The maximum atomic E-state index is 17.2. The van der Waals surface area contributed by atoms with Gasteiger partial charge in [0.15, 0.2) is 11.8 Å². The molecule has 54 heavy (non-hydrogen) atoms. The van der Waals surface area contributed by atoms with E-state index in [2.05, 4.69) is 5.32 Å². The molecule has 0 saturated carbocycles. The molecule has 2 aromatic carbocycles. The molecule has 0 aliphatic heterocycles. The molecule has 12 heteroatoms. The van der Waals surface area contributed by atoms with Crippen LogP contribution in [0.15, 0.2) is 60.7 Å². The molecular weight excluding hydrogens is 694 g/mol. The number of carbonyl (C=O) groups is 5. The van der Waals surface area contributed by atoms with Crippen molar-refractivity contribution in [3.8, 4) is 0 Å². The number of ketones is 2. The Balaban J connectivity index is 2.87. The molecule has 0 aromatic heterocycles. The maximum Gasteiger partial charge on any atom is 0.408 e. The fourth-order valence-electron chi connectivity index (χ4n) is 6.29. The van der Waals surface area contributed by atoms with E-state index in [0.29, 0.717) is 18.4 Å². The minimum absolute atomic E-state index is 0.109. The second kappa shape index (κ2) is 20.6. The number of alkyl halides is 2. The van der Waals surface area contributed by atoms with Crippen LogP contribution in [0, 0.1) is 23.7 Å². The summed E-state index contributed by atoms with van der Waals surface area (Å²) in [4.78, 5) is 71.3. The molecule has 3 amide bonds. The van der Waals surface area contributed by atoms with Gasteiger partial charge in [0.05, 0.1) is 18.1 Å². The molecule has 0 heterocycles. The number of hydrogen-bond donors (Lipinski definition) is 3. The highest BCUT2D eigenvalue weighted by Crippen LogP contribution is 2.33. The van der Waals surface area contributed by atoms with Crippen LogP contribution in [0.25, 0.3) is 0 Å². The van der Waals surface area contributed by atoms with Crippen LogP contribution in [-0.2, 0) is 36.8 Å². The summed E-state index contributed by atoms with van der Waals surface area (Å²) in [7, 11) is 0. The highest BCUT2D eigenvalue weighted by Gasteiger charge is 2.59. The van der Waals surface area contributed by atoms with Crippen LogP contribution in [0.4, 0.5) is 13.6 Å². The number of nitrogens with two attached hydrogens (primary N) is 2. The Morgan fingerprint density at radius 3 is 1.78 bits per heavy atom. The number of Topliss-reactive ketones (excluding diaryl/α,β-unsaturated/α-hetero) is 2. The number of ether oxygens (including phenoxy) is 1. The summed E-state index contributed by atoms with van der Waals surface area (Å²) in [5.41, 5.74) is 12.8. The number of alkyl carbamates (subject to hydrolysis) is 1. The lowest BCUT2D eigenvalue weighted by Crippen LogP contribution is -2.68. The van der Waals surface area contributed by atoms with Gasteiger partial charge < -0.3 is 21.5 Å². The van der Waals surface area contributed by atoms with Crippen LogP contribution in [-0.4, -0.2) is 70.1 Å². The molecule has 2 aromatic rings. The second-order valence-electron chi connectivity index (χ2n) is 16.4. The van der Waals surface area contributed by atoms with Gasteiger partial charge in [0, 0.05) is 5.92 Å². The SMILES string of the molecule is CC(C)CC(N)C(=O)C(F)(F)C(C(=O)[C@H](Cc1ccccc1)NC(=O)OC(C)(C)C)N(C(=O)C(CCCc1ccccc1)CC(C)C)C(=O)[C@@H](N)C(C)C. The predicted molar refractivity (Wildman–Crippen MR) is 206 cm³/mol. The van der Waals surface area contributed by atoms with Crippen LogP contribution in [0.1, 0.15) is 99.1 Å². The molecule has 0 fully saturated rings. The van der Waals surface area contributed by atoms with E-state index in [0.717, 1.165) is 5.56 Å². The number of hydrogen-bond acceptors (Lipinski definition) is 8. The Hall–Kier alpha value is -4.03. The van der Waals surface area contributed by atoms with Crippen molar-refractivity contribution < 1.29 is 37.5 Å². The van der Waals surface area contributed by atoms with Gasteiger partial charge in [-0.05, 0) is 88.2 Å². The molecule has 5 N–H and O–H groups in total. The summed E-state index contributed by atoms with van der Waals surface area (Å²) < 4.78 is 39.8. The summed E-state index contributed by atoms with van der Waals surface area (Å²) in [6, 6.07) is 9.83. The predicted octanol–water partition coefficient (Wildman–Crippen LogP) is 6.66. The standard InChI is InChI=1S/C42H62F2N4O6/c1-26(2)23-31(22-16-21-29-17-12-10-13-18-29)38(51)48(39(52)34(46)28(5)6)36(42(43,44)37(50)32(45)24-27(3)4)35(49)33(25-30-19-14-11-15-20-30)47-40(53)54-41(7,8)9/h10-15,17-20,26-28,31-34,36H,16,21-25,45-46H2,1-9H3,(H,47,53)/t31?,32?,33-,34-,36?/m0/s1. The van der Waals surface area contributed by atoms with Gasteiger partial charge in [-0.2, -0.15) is 8.78 Å². The number of benzene rings is 2. The Bertz CT molecular complexity index is 1530. The molecule has 0 aliphatic carbocycles. The highest BCUT2D eigenvalue weighted by atomic mass is 19.3. The average Bonchev–Trinajstić information content (AvgIpc) is 3.07. The van der Waals surface area contributed by atoms with E-state index in [1.54, 1.807) is 78.8 Å². The monoisotopic (exact) mass is 756 g/mol. The Labute approximate surface area is 320 Å². The number of rotatable bonds is 20. The summed E-state index contributed by atoms with van der Waals surface area (Å²) >= 11 is 0. The molecule has 0 radical (unpaired) electrons. The third-order valence-corrected chi connectivity index (χ3v) is 9.02. The first-order valence-corrected chi connectivity index (χ1v) is 19.0. The first kappa shape index (κ1) is 46.1. The topological polar surface area (TPSA) is 162 Å². The fraction of sp³-hybridized carbons (Fsp3) is 0.595. The van der Waals surface area contributed by atoms with Crippen molar-refractivity contribution in [1.29, 1.82) is 0 Å². The molecule has 0 bridgehead atoms. The lowest BCUT2D eigenvalue weighted by atomic mass is 9.85. The van der Waals surface area contributed by atoms with Gasteiger partial charge in [-0.3, -0.25) is 24.1 Å². The smallest absolute Gasteiger partial charge is 0.408 e. The normalized spacial score (nSPS) is 15.0. The minimum atomic E-state index is -4.68. The van der Waals surface area contributed by atoms with E-state index in [9.17, 15) is 24.0 Å². The Kier molecular flexibility index (Phi) is 17.6. The number of aryl methyl sites for hydroxylation is 1. The van der Waals surface area contributed by atoms with Gasteiger partial charge in [0.1, 0.15) is 5.60 Å². The second-order valence-corrected chi connectivity index (χ2v) is 16.4. The summed E-state index contributed by atoms with van der Waals surface area (Å²) in [6.07, 6.45) is -0.131. The zero-order chi connectivity index (χ0) is 41.0. The zero-order valence-electron chi connectivity index (χ0n) is 33.4. The van der Waals surface area contributed by atoms with Crippen molar-refractivity contribution in [1.82, 2.24) is 10.2 Å². The van der Waals surface area contributed by atoms with E-state index < -0.39 is 77.0 Å². The number of halogens is 2. The first-order valence-electron chi connectivity index (χ1n) is 19.0. The largest absolute Gasteiger partial charge is 0.444 e. The van der Waals surface area contributed by atoms with Crippen LogP contribution in [0.2, 0.25) is 0 Å². The van der Waals surface area contributed by atoms with Crippen LogP contribution < -0.4 is 16.8 Å². The molecule has 0 aliphatic rings. The first-order chi connectivity index (χ1) is 25.1. The number of amides is 3. The van der Waals surface area contributed by atoms with Gasteiger partial charge in [-0.25, -0.2) is 4.79 Å². The maximum absolute atomic E-state index is 17.2. The lowest BCUT2D eigenvalue weighted by molar-refractivity contribution is -0.175. The van der Waals surface area contributed by atoms with Crippen molar-refractivity contribution >= 4 is 29.5 Å². The van der Waals surface area contributed by atoms with Gasteiger partial charge >= 0.3 is 12.0 Å². The van der Waals surface area contributed by atoms with E-state index >= 15 is 8.78 Å². The number of carbonyl (C=O) groups excluding carboxylic acids is 5. The number of nitrogens with zero attached hydrogens (tertiary/aromatic N) is 1. The van der Waals surface area contributed by atoms with Crippen molar-refractivity contribution in [3.05, 3.63) is 71.8 Å². The summed E-state index contributed by atoms with van der Waals surface area (Å²) in [5, 5.41) is 2.41. The van der Waals surface area contributed by atoms with Crippen molar-refractivity contribution in [2.75, 3.05) is 0 Å². The minimum Gasteiger partial charge on any atom is -0.444 e. The zero-order valence-corrected chi connectivity index (χ0v) is 33.4. The van der Waals surface area contributed by atoms with E-state index in [1.165, 1.54) is 0 Å². The molecular formula is C42H62F2N4O6. The van der Waals surface area contributed by atoms with Crippen LogP contribution in [0.5, 0.6) is 0 Å². The van der Waals surface area contributed by atoms with Crippen molar-refractivity contribution in [3.63, 3.8) is 0 Å². The molecule has 0 spiro atoms. The highest BCUT2D eigenvalue weighted by molar-refractivity contribution is 6.08. The molecule has 3 unspecified atom stereocenters. The molecule has 0 saturated heterocycles. The Morgan fingerprint density at radius 2 is 1.30 bits per heavy atom. The number of imide groups is 1. The fourth-order valence-corrected chi connectivity index (χ4v) is 6.29. The number of nitrogens with one attached hydrogen (secondary N) is 1. The van der Waals surface area contributed by atoms with E-state index in [1.807, 2.05) is 44.2 Å². The Morgan fingerprint density at radius 1 is 0.778 bits per heavy atom. The van der Waals surface area contributed by atoms with E-state index in [-0.39, 0.29) is 42.4 Å². The lowest BCUT2D eigenvalue weighted by Gasteiger charge is -2.39. The van der Waals surface area contributed by atoms with Gasteiger partial charge in [0.2, 0.25) is 17.6 Å².